The third-order valence-electron chi connectivity index (χ3n) is 2.65. The fourth-order valence-corrected chi connectivity index (χ4v) is 1.88. The normalized spacial score (nSPS) is 11.2. The van der Waals surface area contributed by atoms with Gasteiger partial charge >= 0.3 is 0 Å². The van der Waals surface area contributed by atoms with E-state index in [1.54, 1.807) is 12.1 Å². The Hall–Kier alpha value is -2.21. The second kappa shape index (κ2) is 6.29. The number of nitro groups is 1. The highest BCUT2D eigenvalue weighted by atomic mass is 79.9. The van der Waals surface area contributed by atoms with Crippen LogP contribution >= 0.6 is 15.9 Å². The van der Waals surface area contributed by atoms with Crippen molar-refractivity contribution in [2.75, 3.05) is 5.43 Å². The van der Waals surface area contributed by atoms with Crippen molar-refractivity contribution in [1.29, 1.82) is 0 Å². The van der Waals surface area contributed by atoms with E-state index in [-0.39, 0.29) is 5.69 Å². The van der Waals surface area contributed by atoms with E-state index >= 15 is 0 Å². The Labute approximate surface area is 124 Å². The average molecular weight is 334 g/mol. The lowest BCUT2D eigenvalue weighted by Crippen LogP contribution is -1.97. The van der Waals surface area contributed by atoms with Gasteiger partial charge in [0.05, 0.1) is 10.6 Å². The number of hydrazone groups is 1. The first-order valence-electron chi connectivity index (χ1n) is 5.87. The molecule has 0 heterocycles. The molecule has 0 aliphatic rings. The van der Waals surface area contributed by atoms with E-state index in [1.807, 2.05) is 31.2 Å². The number of halogens is 1. The van der Waals surface area contributed by atoms with E-state index < -0.39 is 4.92 Å². The van der Waals surface area contributed by atoms with E-state index in [4.69, 9.17) is 0 Å². The standard InChI is InChI=1S/C14H12BrN3O2/c1-10-2-4-11(5-3-10)14(15)17-16-12-6-8-13(9-7-12)18(19)20/h2-9,16H,1H3/b17-14-. The summed E-state index contributed by atoms with van der Waals surface area (Å²) < 4.78 is 0.663. The molecule has 2 aromatic rings. The lowest BCUT2D eigenvalue weighted by atomic mass is 10.2. The van der Waals surface area contributed by atoms with E-state index in [9.17, 15) is 10.1 Å². The Kier molecular flexibility index (Phi) is 4.47. The zero-order chi connectivity index (χ0) is 14.5. The minimum absolute atomic E-state index is 0.0529. The minimum Gasteiger partial charge on any atom is -0.277 e. The molecule has 0 fully saturated rings. The van der Waals surface area contributed by atoms with Crippen molar-refractivity contribution in [1.82, 2.24) is 0 Å². The average Bonchev–Trinajstić information content (AvgIpc) is 2.46. The number of hydrogen-bond donors (Lipinski definition) is 1. The van der Waals surface area contributed by atoms with Crippen LogP contribution in [0, 0.1) is 17.0 Å². The summed E-state index contributed by atoms with van der Waals surface area (Å²) in [6.07, 6.45) is 0. The molecule has 0 saturated carbocycles. The molecule has 5 nitrogen and oxygen atoms in total. The van der Waals surface area contributed by atoms with Crippen LogP contribution < -0.4 is 5.43 Å². The highest BCUT2D eigenvalue weighted by Crippen LogP contribution is 2.16. The predicted molar refractivity (Wildman–Crippen MR) is 83.4 cm³/mol. The molecule has 1 N–H and O–H groups in total. The van der Waals surface area contributed by atoms with E-state index in [0.717, 1.165) is 5.56 Å². The first-order chi connectivity index (χ1) is 9.56. The minimum atomic E-state index is -0.435. The smallest absolute Gasteiger partial charge is 0.269 e. The van der Waals surface area contributed by atoms with Crippen LogP contribution in [0.15, 0.2) is 53.6 Å². The first kappa shape index (κ1) is 14.2. The van der Waals surface area contributed by atoms with Crippen LogP contribution in [0.5, 0.6) is 0 Å². The molecule has 0 aromatic heterocycles. The molecule has 0 unspecified atom stereocenters. The molecule has 0 bridgehead atoms. The molecule has 0 atom stereocenters. The summed E-state index contributed by atoms with van der Waals surface area (Å²) in [5.74, 6) is 0. The Morgan fingerprint density at radius 1 is 1.15 bits per heavy atom. The van der Waals surface area contributed by atoms with E-state index in [2.05, 4.69) is 26.5 Å². The zero-order valence-corrected chi connectivity index (χ0v) is 12.3. The van der Waals surface area contributed by atoms with Gasteiger partial charge in [-0.1, -0.05) is 29.8 Å². The molecular weight excluding hydrogens is 322 g/mol. The second-order valence-corrected chi connectivity index (χ2v) is 4.94. The molecule has 20 heavy (non-hydrogen) atoms. The highest BCUT2D eigenvalue weighted by Gasteiger charge is 2.03. The Balaban J connectivity index is 2.08. The quantitative estimate of drug-likeness (QED) is 0.521. The van der Waals surface area contributed by atoms with Gasteiger partial charge in [-0.25, -0.2) is 0 Å². The maximum atomic E-state index is 10.5. The molecule has 0 saturated heterocycles. The van der Waals surface area contributed by atoms with Crippen molar-refractivity contribution in [2.24, 2.45) is 5.10 Å². The van der Waals surface area contributed by atoms with Gasteiger partial charge in [-0.3, -0.25) is 15.5 Å². The van der Waals surface area contributed by atoms with Gasteiger partial charge in [0, 0.05) is 17.7 Å². The Morgan fingerprint density at radius 3 is 2.30 bits per heavy atom. The molecule has 2 aromatic carbocycles. The van der Waals surface area contributed by atoms with Crippen molar-refractivity contribution < 1.29 is 4.92 Å². The molecule has 0 aliphatic heterocycles. The summed E-state index contributed by atoms with van der Waals surface area (Å²) in [5.41, 5.74) is 5.70. The number of anilines is 1. The molecule has 0 aliphatic carbocycles. The van der Waals surface area contributed by atoms with Crippen LogP contribution in [0.1, 0.15) is 11.1 Å². The number of non-ortho nitro benzene ring substituents is 1. The van der Waals surface area contributed by atoms with Crippen LogP contribution in [0.4, 0.5) is 11.4 Å². The van der Waals surface area contributed by atoms with Crippen molar-refractivity contribution in [3.8, 4) is 0 Å². The molecule has 0 spiro atoms. The summed E-state index contributed by atoms with van der Waals surface area (Å²) >= 11 is 3.38. The fourth-order valence-electron chi connectivity index (χ4n) is 1.53. The number of nitrogens with zero attached hydrogens (tertiary/aromatic N) is 2. The van der Waals surface area contributed by atoms with Gasteiger partial charge in [-0.2, -0.15) is 5.10 Å². The molecule has 0 radical (unpaired) electrons. The third-order valence-corrected chi connectivity index (χ3v) is 3.29. The second-order valence-electron chi connectivity index (χ2n) is 4.18. The topological polar surface area (TPSA) is 67.5 Å². The number of nitro benzene ring substituents is 1. The summed E-state index contributed by atoms with van der Waals surface area (Å²) in [6, 6.07) is 14.0. The van der Waals surface area contributed by atoms with Gasteiger partial charge in [0.25, 0.3) is 5.69 Å². The number of hydrogen-bond acceptors (Lipinski definition) is 4. The van der Waals surface area contributed by atoms with Crippen LogP contribution in [-0.4, -0.2) is 9.54 Å². The number of nitrogens with one attached hydrogen (secondary N) is 1. The SMILES string of the molecule is Cc1ccc(/C(Br)=N/Nc2ccc([N+](=O)[O-])cc2)cc1. The van der Waals surface area contributed by atoms with Gasteiger partial charge in [0.1, 0.15) is 4.62 Å². The molecule has 2 rings (SSSR count). The van der Waals surface area contributed by atoms with Crippen LogP contribution in [-0.2, 0) is 0 Å². The highest BCUT2D eigenvalue weighted by molar-refractivity contribution is 9.18. The van der Waals surface area contributed by atoms with Crippen molar-refractivity contribution in [3.63, 3.8) is 0 Å². The van der Waals surface area contributed by atoms with Crippen LogP contribution in [0.25, 0.3) is 0 Å². The number of aryl methyl sites for hydroxylation is 1. The predicted octanol–water partition coefficient (Wildman–Crippen LogP) is 4.07. The number of rotatable bonds is 4. The van der Waals surface area contributed by atoms with Gasteiger partial charge in [-0.15, -0.1) is 0 Å². The molecular formula is C14H12BrN3O2. The summed E-state index contributed by atoms with van der Waals surface area (Å²) in [5, 5.41) is 14.7. The van der Waals surface area contributed by atoms with Crippen LogP contribution in [0.3, 0.4) is 0 Å². The summed E-state index contributed by atoms with van der Waals surface area (Å²) in [6.45, 7) is 2.02. The van der Waals surface area contributed by atoms with E-state index in [1.165, 1.54) is 17.7 Å². The van der Waals surface area contributed by atoms with Crippen molar-refractivity contribution >= 4 is 31.9 Å². The van der Waals surface area contributed by atoms with Gasteiger partial charge < -0.3 is 0 Å². The first-order valence-corrected chi connectivity index (χ1v) is 6.66. The monoisotopic (exact) mass is 333 g/mol. The van der Waals surface area contributed by atoms with Crippen LogP contribution in [0.2, 0.25) is 0 Å². The maximum absolute atomic E-state index is 10.5. The summed E-state index contributed by atoms with van der Waals surface area (Å²) in [4.78, 5) is 10.1. The molecule has 0 amide bonds. The third kappa shape index (κ3) is 3.64. The summed E-state index contributed by atoms with van der Waals surface area (Å²) in [7, 11) is 0. The van der Waals surface area contributed by atoms with E-state index in [0.29, 0.717) is 10.3 Å². The van der Waals surface area contributed by atoms with Crippen molar-refractivity contribution in [3.05, 3.63) is 69.8 Å². The van der Waals surface area contributed by atoms with Gasteiger partial charge in [0.15, 0.2) is 0 Å². The lowest BCUT2D eigenvalue weighted by Gasteiger charge is -2.02. The maximum Gasteiger partial charge on any atom is 0.269 e. The van der Waals surface area contributed by atoms with Crippen molar-refractivity contribution in [2.45, 2.75) is 6.92 Å². The zero-order valence-electron chi connectivity index (χ0n) is 10.7. The Bertz CT molecular complexity index is 636. The molecule has 102 valence electrons. The molecule has 6 heteroatoms. The lowest BCUT2D eigenvalue weighted by molar-refractivity contribution is -0.384. The van der Waals surface area contributed by atoms with Gasteiger partial charge in [0.2, 0.25) is 0 Å². The Morgan fingerprint density at radius 2 is 1.75 bits per heavy atom. The fraction of sp³-hybridized carbons (Fsp3) is 0.0714. The number of benzene rings is 2. The van der Waals surface area contributed by atoms with Gasteiger partial charge in [-0.05, 0) is 35.0 Å². The largest absolute Gasteiger partial charge is 0.277 e.